The van der Waals surface area contributed by atoms with Gasteiger partial charge < -0.3 is 4.90 Å². The Bertz CT molecular complexity index is 125. The summed E-state index contributed by atoms with van der Waals surface area (Å²) in [6.07, 6.45) is 10.7. The van der Waals surface area contributed by atoms with Gasteiger partial charge in [0, 0.05) is 13.1 Å². The SMILES string of the molecule is CCCCCCCCN([C]=O)CCC. The monoisotopic (exact) mass is 198 g/mol. The van der Waals surface area contributed by atoms with Gasteiger partial charge in [-0.05, 0) is 12.8 Å². The van der Waals surface area contributed by atoms with E-state index in [0.29, 0.717) is 0 Å². The van der Waals surface area contributed by atoms with Gasteiger partial charge in [-0.1, -0.05) is 46.0 Å². The molecular weight excluding hydrogens is 174 g/mol. The zero-order valence-corrected chi connectivity index (χ0v) is 9.72. The standard InChI is InChI=1S/C12H24NO/c1-3-5-6-7-8-9-11-13(12-14)10-4-2/h3-11H2,1-2H3. The molecule has 0 N–H and O–H groups in total. The largest absolute Gasteiger partial charge is 0.334 e. The second-order valence-electron chi connectivity index (χ2n) is 3.85. The molecule has 0 saturated carbocycles. The molecule has 2 nitrogen and oxygen atoms in total. The average Bonchev–Trinajstić information content (AvgIpc) is 2.21. The predicted octanol–water partition coefficient (Wildman–Crippen LogP) is 3.13. The van der Waals surface area contributed by atoms with E-state index in [0.717, 1.165) is 25.9 Å². The highest BCUT2D eigenvalue weighted by atomic mass is 16.1. The summed E-state index contributed by atoms with van der Waals surface area (Å²) in [4.78, 5) is 12.2. The maximum Gasteiger partial charge on any atom is 0.312 e. The van der Waals surface area contributed by atoms with Gasteiger partial charge in [-0.3, -0.25) is 4.79 Å². The maximum atomic E-state index is 10.5. The van der Waals surface area contributed by atoms with Crippen LogP contribution in [0.3, 0.4) is 0 Å². The molecule has 0 fully saturated rings. The fourth-order valence-electron chi connectivity index (χ4n) is 1.56. The summed E-state index contributed by atoms with van der Waals surface area (Å²) in [6, 6.07) is 0. The van der Waals surface area contributed by atoms with Crippen molar-refractivity contribution < 1.29 is 4.79 Å². The number of hydrogen-bond acceptors (Lipinski definition) is 1. The quantitative estimate of drug-likeness (QED) is 0.390. The number of nitrogens with zero attached hydrogens (tertiary/aromatic N) is 1. The summed E-state index contributed by atoms with van der Waals surface area (Å²) in [5.74, 6) is 0. The van der Waals surface area contributed by atoms with E-state index in [4.69, 9.17) is 0 Å². The molecule has 0 unspecified atom stereocenters. The van der Waals surface area contributed by atoms with E-state index in [2.05, 4.69) is 13.8 Å². The molecule has 0 aliphatic heterocycles. The number of rotatable bonds is 10. The molecule has 0 aromatic heterocycles. The van der Waals surface area contributed by atoms with Crippen LogP contribution in [0.4, 0.5) is 0 Å². The molecule has 0 bridgehead atoms. The van der Waals surface area contributed by atoms with Crippen LogP contribution in [0.25, 0.3) is 0 Å². The molecule has 0 spiro atoms. The van der Waals surface area contributed by atoms with Crippen molar-refractivity contribution in [3.8, 4) is 0 Å². The normalized spacial score (nSPS) is 10.1. The first-order valence-corrected chi connectivity index (χ1v) is 5.97. The first kappa shape index (κ1) is 13.5. The van der Waals surface area contributed by atoms with E-state index < -0.39 is 0 Å². The van der Waals surface area contributed by atoms with Crippen LogP contribution < -0.4 is 0 Å². The Hall–Kier alpha value is -0.530. The van der Waals surface area contributed by atoms with Crippen LogP contribution in [0.15, 0.2) is 0 Å². The highest BCUT2D eigenvalue weighted by molar-refractivity contribution is 5.47. The third-order valence-electron chi connectivity index (χ3n) is 2.40. The van der Waals surface area contributed by atoms with Gasteiger partial charge in [-0.25, -0.2) is 0 Å². The molecule has 0 aliphatic rings. The lowest BCUT2D eigenvalue weighted by Crippen LogP contribution is -2.23. The van der Waals surface area contributed by atoms with E-state index >= 15 is 0 Å². The zero-order chi connectivity index (χ0) is 10.6. The lowest BCUT2D eigenvalue weighted by atomic mass is 10.1. The molecule has 1 amide bonds. The molecular formula is C12H24NO. The van der Waals surface area contributed by atoms with Gasteiger partial charge in [0.15, 0.2) is 0 Å². The predicted molar refractivity (Wildman–Crippen MR) is 60.9 cm³/mol. The maximum absolute atomic E-state index is 10.5. The Balaban J connectivity index is 3.20. The summed E-state index contributed by atoms with van der Waals surface area (Å²) in [6.45, 7) is 6.07. The lowest BCUT2D eigenvalue weighted by Gasteiger charge is -2.14. The molecule has 83 valence electrons. The smallest absolute Gasteiger partial charge is 0.312 e. The second-order valence-corrected chi connectivity index (χ2v) is 3.85. The highest BCUT2D eigenvalue weighted by Gasteiger charge is 1.99. The van der Waals surface area contributed by atoms with Gasteiger partial charge in [-0.2, -0.15) is 0 Å². The van der Waals surface area contributed by atoms with Gasteiger partial charge in [0.05, 0.1) is 0 Å². The van der Waals surface area contributed by atoms with Crippen molar-refractivity contribution in [2.75, 3.05) is 13.1 Å². The summed E-state index contributed by atoms with van der Waals surface area (Å²) >= 11 is 0. The second kappa shape index (κ2) is 10.6. The van der Waals surface area contributed by atoms with E-state index in [1.54, 1.807) is 4.90 Å². The van der Waals surface area contributed by atoms with Crippen LogP contribution >= 0.6 is 0 Å². The van der Waals surface area contributed by atoms with Crippen LogP contribution in [-0.4, -0.2) is 24.4 Å². The van der Waals surface area contributed by atoms with Crippen molar-refractivity contribution in [3.05, 3.63) is 0 Å². The van der Waals surface area contributed by atoms with Gasteiger partial charge in [0.2, 0.25) is 0 Å². The van der Waals surface area contributed by atoms with E-state index in [-0.39, 0.29) is 0 Å². The van der Waals surface area contributed by atoms with Crippen LogP contribution in [0, 0.1) is 0 Å². The van der Waals surface area contributed by atoms with E-state index in [1.807, 2.05) is 6.41 Å². The van der Waals surface area contributed by atoms with Gasteiger partial charge in [-0.15, -0.1) is 0 Å². The van der Waals surface area contributed by atoms with Gasteiger partial charge in [0.1, 0.15) is 0 Å². The minimum absolute atomic E-state index is 0.860. The van der Waals surface area contributed by atoms with Crippen LogP contribution in [0.5, 0.6) is 0 Å². The molecule has 2 heteroatoms. The van der Waals surface area contributed by atoms with Crippen molar-refractivity contribution in [2.24, 2.45) is 0 Å². The zero-order valence-electron chi connectivity index (χ0n) is 9.72. The van der Waals surface area contributed by atoms with Crippen LogP contribution in [-0.2, 0) is 4.79 Å². The van der Waals surface area contributed by atoms with E-state index in [1.165, 1.54) is 32.1 Å². The molecule has 0 aromatic rings. The molecule has 0 saturated heterocycles. The highest BCUT2D eigenvalue weighted by Crippen LogP contribution is 2.05. The molecule has 14 heavy (non-hydrogen) atoms. The Morgan fingerprint density at radius 1 is 0.857 bits per heavy atom. The first-order chi connectivity index (χ1) is 6.85. The lowest BCUT2D eigenvalue weighted by molar-refractivity contribution is 0.367. The van der Waals surface area contributed by atoms with Crippen LogP contribution in [0.2, 0.25) is 0 Å². The fourth-order valence-corrected chi connectivity index (χ4v) is 1.56. The minimum atomic E-state index is 0.860. The van der Waals surface area contributed by atoms with Crippen molar-refractivity contribution in [3.63, 3.8) is 0 Å². The van der Waals surface area contributed by atoms with Crippen molar-refractivity contribution in [1.29, 1.82) is 0 Å². The van der Waals surface area contributed by atoms with Crippen molar-refractivity contribution in [2.45, 2.75) is 58.8 Å². The Labute approximate surface area is 88.7 Å². The van der Waals surface area contributed by atoms with Gasteiger partial charge >= 0.3 is 6.41 Å². The topological polar surface area (TPSA) is 20.3 Å². The summed E-state index contributed by atoms with van der Waals surface area (Å²) < 4.78 is 0. The number of unbranched alkanes of at least 4 members (excludes halogenated alkanes) is 5. The molecule has 0 aliphatic carbocycles. The molecule has 0 rings (SSSR count). The molecule has 0 atom stereocenters. The Morgan fingerprint density at radius 3 is 2.07 bits per heavy atom. The average molecular weight is 198 g/mol. The third-order valence-corrected chi connectivity index (χ3v) is 2.40. The molecule has 0 heterocycles. The van der Waals surface area contributed by atoms with Crippen molar-refractivity contribution >= 4 is 6.41 Å². The number of hydrogen-bond donors (Lipinski definition) is 0. The molecule has 1 radical (unpaired) electrons. The Morgan fingerprint density at radius 2 is 1.50 bits per heavy atom. The number of carbonyl (C=O) groups excluding carboxylic acids is 1. The van der Waals surface area contributed by atoms with Gasteiger partial charge in [0.25, 0.3) is 0 Å². The first-order valence-electron chi connectivity index (χ1n) is 5.97. The fraction of sp³-hybridized carbons (Fsp3) is 0.917. The van der Waals surface area contributed by atoms with Crippen molar-refractivity contribution in [1.82, 2.24) is 4.90 Å². The van der Waals surface area contributed by atoms with Crippen LogP contribution in [0.1, 0.15) is 58.8 Å². The molecule has 0 aromatic carbocycles. The summed E-state index contributed by atoms with van der Waals surface area (Å²) in [5, 5.41) is 0. The van der Waals surface area contributed by atoms with E-state index in [9.17, 15) is 4.79 Å². The Kier molecular flexibility index (Phi) is 10.2. The number of amides is 1. The third kappa shape index (κ3) is 8.09. The summed E-state index contributed by atoms with van der Waals surface area (Å²) in [7, 11) is 0. The minimum Gasteiger partial charge on any atom is -0.334 e. The summed E-state index contributed by atoms with van der Waals surface area (Å²) in [5.41, 5.74) is 0.